The molecule has 0 spiro atoms. The molecule has 2 aromatic rings. The van der Waals surface area contributed by atoms with E-state index in [1.165, 1.54) is 10.5 Å². The second kappa shape index (κ2) is 7.07. The molecule has 1 N–H and O–H groups in total. The number of thioether (sulfide) groups is 1. The van der Waals surface area contributed by atoms with Crippen LogP contribution in [-0.2, 0) is 12.3 Å². The first-order valence-electron chi connectivity index (χ1n) is 6.46. The number of rotatable bonds is 5. The summed E-state index contributed by atoms with van der Waals surface area (Å²) >= 11 is 7.60. The molecule has 3 nitrogen and oxygen atoms in total. The standard InChI is InChI=1S/C15H18ClN3S/c1-10-14(8-17-3)11(2)19-15(18-10)9-20-13-6-4-12(16)5-7-13/h4-7,17H,8-9H2,1-3H3. The van der Waals surface area contributed by atoms with Gasteiger partial charge in [0.15, 0.2) is 0 Å². The summed E-state index contributed by atoms with van der Waals surface area (Å²) in [4.78, 5) is 10.3. The van der Waals surface area contributed by atoms with Crippen LogP contribution in [0.1, 0.15) is 22.8 Å². The largest absolute Gasteiger partial charge is 0.316 e. The monoisotopic (exact) mass is 307 g/mol. The lowest BCUT2D eigenvalue weighted by Gasteiger charge is -2.10. The van der Waals surface area contributed by atoms with Gasteiger partial charge in [0.2, 0.25) is 0 Å². The maximum absolute atomic E-state index is 5.88. The van der Waals surface area contributed by atoms with Gasteiger partial charge in [-0.25, -0.2) is 9.97 Å². The first-order chi connectivity index (χ1) is 9.60. The fraction of sp³-hybridized carbons (Fsp3) is 0.333. The smallest absolute Gasteiger partial charge is 0.139 e. The molecule has 0 atom stereocenters. The van der Waals surface area contributed by atoms with Gasteiger partial charge in [0.05, 0.1) is 5.75 Å². The van der Waals surface area contributed by atoms with Gasteiger partial charge in [-0.05, 0) is 45.2 Å². The summed E-state index contributed by atoms with van der Waals surface area (Å²) in [5.41, 5.74) is 3.30. The number of halogens is 1. The number of benzene rings is 1. The average Bonchev–Trinajstić information content (AvgIpc) is 2.42. The van der Waals surface area contributed by atoms with E-state index in [4.69, 9.17) is 11.6 Å². The number of hydrogen-bond donors (Lipinski definition) is 1. The number of nitrogens with zero attached hydrogens (tertiary/aromatic N) is 2. The van der Waals surface area contributed by atoms with Crippen molar-refractivity contribution in [1.29, 1.82) is 0 Å². The Bertz CT molecular complexity index is 561. The lowest BCUT2D eigenvalue weighted by atomic mass is 10.1. The van der Waals surface area contributed by atoms with Crippen LogP contribution in [0.2, 0.25) is 5.02 Å². The van der Waals surface area contributed by atoms with E-state index in [0.717, 1.165) is 34.5 Å². The number of hydrogen-bond acceptors (Lipinski definition) is 4. The lowest BCUT2D eigenvalue weighted by molar-refractivity contribution is 0.778. The molecule has 1 heterocycles. The van der Waals surface area contributed by atoms with Crippen LogP contribution in [0, 0.1) is 13.8 Å². The van der Waals surface area contributed by atoms with E-state index in [-0.39, 0.29) is 0 Å². The van der Waals surface area contributed by atoms with E-state index >= 15 is 0 Å². The maximum atomic E-state index is 5.88. The van der Waals surface area contributed by atoms with Gasteiger partial charge in [0.25, 0.3) is 0 Å². The number of aromatic nitrogens is 2. The molecular formula is C15H18ClN3S. The van der Waals surface area contributed by atoms with E-state index < -0.39 is 0 Å². The SMILES string of the molecule is CNCc1c(C)nc(CSc2ccc(Cl)cc2)nc1C. The van der Waals surface area contributed by atoms with Crippen LogP contribution in [0.5, 0.6) is 0 Å². The van der Waals surface area contributed by atoms with Crippen LogP contribution in [0.15, 0.2) is 29.2 Å². The van der Waals surface area contributed by atoms with Crippen LogP contribution >= 0.6 is 23.4 Å². The van der Waals surface area contributed by atoms with Crippen molar-refractivity contribution in [2.24, 2.45) is 0 Å². The average molecular weight is 308 g/mol. The van der Waals surface area contributed by atoms with Crippen molar-refractivity contribution in [2.75, 3.05) is 7.05 Å². The summed E-state index contributed by atoms with van der Waals surface area (Å²) in [6.07, 6.45) is 0. The van der Waals surface area contributed by atoms with Gasteiger partial charge in [-0.15, -0.1) is 11.8 Å². The molecule has 0 radical (unpaired) electrons. The molecule has 0 saturated heterocycles. The quantitative estimate of drug-likeness (QED) is 0.854. The maximum Gasteiger partial charge on any atom is 0.139 e. The van der Waals surface area contributed by atoms with Crippen LogP contribution in [-0.4, -0.2) is 17.0 Å². The zero-order valence-corrected chi connectivity index (χ0v) is 13.5. The van der Waals surface area contributed by atoms with Crippen molar-refractivity contribution in [1.82, 2.24) is 15.3 Å². The number of aryl methyl sites for hydroxylation is 2. The molecule has 0 amide bonds. The molecule has 0 aliphatic heterocycles. The minimum Gasteiger partial charge on any atom is -0.316 e. The predicted molar refractivity (Wildman–Crippen MR) is 85.3 cm³/mol. The van der Waals surface area contributed by atoms with Crippen molar-refractivity contribution < 1.29 is 0 Å². The minimum absolute atomic E-state index is 0.758. The molecular weight excluding hydrogens is 290 g/mol. The summed E-state index contributed by atoms with van der Waals surface area (Å²) in [5.74, 6) is 1.64. The Labute approximate surface area is 129 Å². The molecule has 2 rings (SSSR count). The van der Waals surface area contributed by atoms with Crippen LogP contribution in [0.3, 0.4) is 0 Å². The Balaban J connectivity index is 2.08. The summed E-state index contributed by atoms with van der Waals surface area (Å²) < 4.78 is 0. The lowest BCUT2D eigenvalue weighted by Crippen LogP contribution is -2.12. The summed E-state index contributed by atoms with van der Waals surface area (Å²) in [5, 5.41) is 3.91. The highest BCUT2D eigenvalue weighted by Crippen LogP contribution is 2.23. The first-order valence-corrected chi connectivity index (χ1v) is 7.82. The van der Waals surface area contributed by atoms with Gasteiger partial charge in [0.1, 0.15) is 5.82 Å². The zero-order valence-electron chi connectivity index (χ0n) is 11.9. The summed E-state index contributed by atoms with van der Waals surface area (Å²) in [6, 6.07) is 7.83. The van der Waals surface area contributed by atoms with Crippen molar-refractivity contribution in [3.05, 3.63) is 52.1 Å². The third-order valence-corrected chi connectivity index (χ3v) is 4.26. The number of nitrogens with one attached hydrogen (secondary N) is 1. The third kappa shape index (κ3) is 3.95. The van der Waals surface area contributed by atoms with Crippen molar-refractivity contribution in [3.8, 4) is 0 Å². The Morgan fingerprint density at radius 3 is 2.25 bits per heavy atom. The van der Waals surface area contributed by atoms with Gasteiger partial charge in [-0.1, -0.05) is 11.6 Å². The van der Waals surface area contributed by atoms with Gasteiger partial charge in [-0.3, -0.25) is 0 Å². The molecule has 0 unspecified atom stereocenters. The van der Waals surface area contributed by atoms with Crippen LogP contribution in [0.25, 0.3) is 0 Å². The van der Waals surface area contributed by atoms with Gasteiger partial charge in [0, 0.05) is 33.4 Å². The van der Waals surface area contributed by atoms with Crippen molar-refractivity contribution in [2.45, 2.75) is 31.0 Å². The van der Waals surface area contributed by atoms with E-state index in [0.29, 0.717) is 0 Å². The molecule has 0 fully saturated rings. The second-order valence-corrected chi connectivity index (χ2v) is 6.05. The summed E-state index contributed by atoms with van der Waals surface area (Å²) in [6.45, 7) is 4.89. The second-order valence-electron chi connectivity index (χ2n) is 4.56. The molecule has 0 bridgehead atoms. The zero-order chi connectivity index (χ0) is 14.5. The first kappa shape index (κ1) is 15.3. The van der Waals surface area contributed by atoms with Gasteiger partial charge in [-0.2, -0.15) is 0 Å². The molecule has 1 aromatic carbocycles. The Hall–Kier alpha value is -1.10. The Morgan fingerprint density at radius 2 is 1.70 bits per heavy atom. The summed E-state index contributed by atoms with van der Waals surface area (Å²) in [7, 11) is 1.93. The van der Waals surface area contributed by atoms with Gasteiger partial charge >= 0.3 is 0 Å². The highest BCUT2D eigenvalue weighted by atomic mass is 35.5. The molecule has 20 heavy (non-hydrogen) atoms. The molecule has 0 saturated carbocycles. The molecule has 106 valence electrons. The Morgan fingerprint density at radius 1 is 1.10 bits per heavy atom. The Kier molecular flexibility index (Phi) is 5.40. The highest BCUT2D eigenvalue weighted by molar-refractivity contribution is 7.98. The fourth-order valence-corrected chi connectivity index (χ4v) is 2.86. The van der Waals surface area contributed by atoms with E-state index in [9.17, 15) is 0 Å². The molecule has 0 aliphatic rings. The van der Waals surface area contributed by atoms with Crippen molar-refractivity contribution in [3.63, 3.8) is 0 Å². The van der Waals surface area contributed by atoms with E-state index in [1.54, 1.807) is 11.8 Å². The fourth-order valence-electron chi connectivity index (χ4n) is 1.98. The topological polar surface area (TPSA) is 37.8 Å². The molecule has 0 aliphatic carbocycles. The normalized spacial score (nSPS) is 10.8. The predicted octanol–water partition coefficient (Wildman–Crippen LogP) is 3.76. The highest BCUT2D eigenvalue weighted by Gasteiger charge is 2.08. The minimum atomic E-state index is 0.758. The van der Waals surface area contributed by atoms with Gasteiger partial charge < -0.3 is 5.32 Å². The van der Waals surface area contributed by atoms with Crippen LogP contribution < -0.4 is 5.32 Å². The van der Waals surface area contributed by atoms with E-state index in [1.807, 2.05) is 45.2 Å². The molecule has 1 aromatic heterocycles. The van der Waals surface area contributed by atoms with E-state index in [2.05, 4.69) is 15.3 Å². The molecule has 5 heteroatoms. The third-order valence-electron chi connectivity index (χ3n) is 3.00. The van der Waals surface area contributed by atoms with Crippen LogP contribution in [0.4, 0.5) is 0 Å². The van der Waals surface area contributed by atoms with Crippen molar-refractivity contribution >= 4 is 23.4 Å².